The van der Waals surface area contributed by atoms with E-state index in [2.05, 4.69) is 25.0 Å². The van der Waals surface area contributed by atoms with Crippen LogP contribution in [0.2, 0.25) is 19.6 Å². The van der Waals surface area contributed by atoms with Crippen LogP contribution in [-0.2, 0) is 11.3 Å². The number of hydrogen-bond acceptors (Lipinski definition) is 2. The third-order valence-electron chi connectivity index (χ3n) is 2.90. The summed E-state index contributed by atoms with van der Waals surface area (Å²) in [6.45, 7) is 8.66. The van der Waals surface area contributed by atoms with E-state index < -0.39 is 20.2 Å². The molecule has 1 aromatic carbocycles. The van der Waals surface area contributed by atoms with Crippen molar-refractivity contribution in [2.45, 2.75) is 39.2 Å². The Bertz CT molecular complexity index is 485. The van der Waals surface area contributed by atoms with Crippen LogP contribution in [0.1, 0.15) is 12.5 Å². The molecule has 116 valence electrons. The van der Waals surface area contributed by atoms with E-state index in [0.29, 0.717) is 12.7 Å². The minimum atomic E-state index is -1.49. The average Bonchev–Trinajstić information content (AvgIpc) is 2.36. The zero-order valence-electron chi connectivity index (χ0n) is 13.1. The molecule has 0 saturated carbocycles. The molecule has 0 radical (unpaired) electrons. The van der Waals surface area contributed by atoms with Crippen LogP contribution in [0.4, 0.5) is 4.79 Å². The molecule has 1 aromatic rings. The second-order valence-electron chi connectivity index (χ2n) is 6.41. The molecule has 2 amide bonds. The second-order valence-corrected chi connectivity index (χ2v) is 11.8. The van der Waals surface area contributed by atoms with Gasteiger partial charge in [0.15, 0.2) is 0 Å². The molecule has 5 nitrogen and oxygen atoms in total. The third-order valence-corrected chi connectivity index (χ3v) is 4.23. The Kier molecular flexibility index (Phi) is 5.96. The van der Waals surface area contributed by atoms with Gasteiger partial charge in [-0.15, -0.1) is 0 Å². The Morgan fingerprint density at radius 1 is 1.24 bits per heavy atom. The number of carbonyl (C=O) groups is 2. The topological polar surface area (TPSA) is 69.6 Å². The Hall–Kier alpha value is -1.82. The molecule has 0 saturated heterocycles. The van der Waals surface area contributed by atoms with Crippen LogP contribution in [0.25, 0.3) is 0 Å². The number of amides is 2. The molecule has 1 unspecified atom stereocenters. The van der Waals surface area contributed by atoms with Gasteiger partial charge in [0.1, 0.15) is 6.04 Å². The van der Waals surface area contributed by atoms with Crippen LogP contribution in [0.15, 0.2) is 30.3 Å². The largest absolute Gasteiger partial charge is 0.465 e. The fourth-order valence-corrected chi connectivity index (χ4v) is 3.52. The van der Waals surface area contributed by atoms with Gasteiger partial charge in [-0.05, 0) is 12.5 Å². The van der Waals surface area contributed by atoms with Crippen molar-refractivity contribution < 1.29 is 14.7 Å². The van der Waals surface area contributed by atoms with E-state index in [9.17, 15) is 9.59 Å². The van der Waals surface area contributed by atoms with Gasteiger partial charge < -0.3 is 15.3 Å². The third kappa shape index (κ3) is 6.44. The van der Waals surface area contributed by atoms with Crippen molar-refractivity contribution in [2.24, 2.45) is 0 Å². The number of rotatable bonds is 6. The van der Waals surface area contributed by atoms with Crippen LogP contribution in [-0.4, -0.2) is 42.3 Å². The lowest BCUT2D eigenvalue weighted by molar-refractivity contribution is -0.132. The summed E-state index contributed by atoms with van der Waals surface area (Å²) in [5.41, 5.74) is 1.05. The van der Waals surface area contributed by atoms with E-state index in [-0.39, 0.29) is 5.91 Å². The SMILES string of the molecule is CC(NC(=O)O)C(=O)N(Cc1ccccc1)C[Si](C)(C)C. The van der Waals surface area contributed by atoms with Crippen molar-refractivity contribution in [3.8, 4) is 0 Å². The zero-order chi connectivity index (χ0) is 16.0. The molecular formula is C15H24N2O3Si. The first-order valence-electron chi connectivity index (χ1n) is 7.01. The minimum absolute atomic E-state index is 0.177. The highest BCUT2D eigenvalue weighted by molar-refractivity contribution is 6.76. The lowest BCUT2D eigenvalue weighted by atomic mass is 10.2. The van der Waals surface area contributed by atoms with Gasteiger partial charge in [-0.3, -0.25) is 4.79 Å². The molecule has 1 atom stereocenters. The highest BCUT2D eigenvalue weighted by atomic mass is 28.3. The first-order chi connectivity index (χ1) is 9.69. The molecule has 0 aliphatic carbocycles. The first-order valence-corrected chi connectivity index (χ1v) is 10.7. The van der Waals surface area contributed by atoms with Crippen LogP contribution in [0.3, 0.4) is 0 Å². The second kappa shape index (κ2) is 7.26. The molecule has 0 aromatic heterocycles. The predicted molar refractivity (Wildman–Crippen MR) is 85.8 cm³/mol. The highest BCUT2D eigenvalue weighted by Crippen LogP contribution is 2.11. The van der Waals surface area contributed by atoms with Crippen LogP contribution >= 0.6 is 0 Å². The summed E-state index contributed by atoms with van der Waals surface area (Å²) in [4.78, 5) is 25.0. The molecule has 6 heteroatoms. The van der Waals surface area contributed by atoms with Gasteiger partial charge in [-0.1, -0.05) is 50.0 Å². The molecule has 0 aliphatic rings. The maximum absolute atomic E-state index is 12.5. The van der Waals surface area contributed by atoms with E-state index in [1.807, 2.05) is 30.3 Å². The van der Waals surface area contributed by atoms with Gasteiger partial charge in [0.2, 0.25) is 5.91 Å². The molecule has 21 heavy (non-hydrogen) atoms. The van der Waals surface area contributed by atoms with Crippen LogP contribution in [0, 0.1) is 0 Å². The monoisotopic (exact) mass is 308 g/mol. The predicted octanol–water partition coefficient (Wildman–Crippen LogP) is 2.55. The summed E-state index contributed by atoms with van der Waals surface area (Å²) in [6, 6.07) is 9.02. The summed E-state index contributed by atoms with van der Waals surface area (Å²) >= 11 is 0. The standard InChI is InChI=1S/C15H24N2O3Si/c1-12(16-15(19)20)14(18)17(11-21(2,3)4)10-13-8-6-5-7-9-13/h5-9,12,16H,10-11H2,1-4H3,(H,19,20). The van der Waals surface area contributed by atoms with Gasteiger partial charge >= 0.3 is 6.09 Å². The summed E-state index contributed by atoms with van der Waals surface area (Å²) in [6.07, 6.45) is -0.477. The van der Waals surface area contributed by atoms with Gasteiger partial charge in [0, 0.05) is 12.7 Å². The molecule has 0 spiro atoms. The van der Waals surface area contributed by atoms with Crippen molar-refractivity contribution >= 4 is 20.1 Å². The molecule has 1 rings (SSSR count). The molecule has 0 bridgehead atoms. The Balaban J connectivity index is 2.86. The van der Waals surface area contributed by atoms with E-state index in [1.54, 1.807) is 11.8 Å². The molecule has 0 fully saturated rings. The van der Waals surface area contributed by atoms with E-state index >= 15 is 0 Å². The summed E-state index contributed by atoms with van der Waals surface area (Å²) in [5, 5.41) is 11.0. The number of hydrogen-bond donors (Lipinski definition) is 2. The van der Waals surface area contributed by atoms with E-state index in [4.69, 9.17) is 5.11 Å². The summed E-state index contributed by atoms with van der Waals surface area (Å²) in [7, 11) is -1.49. The summed E-state index contributed by atoms with van der Waals surface area (Å²) < 4.78 is 0. The Labute approximate surface area is 127 Å². The van der Waals surface area contributed by atoms with E-state index in [1.165, 1.54) is 0 Å². The number of carbonyl (C=O) groups excluding carboxylic acids is 1. The molecule has 2 N–H and O–H groups in total. The van der Waals surface area contributed by atoms with E-state index in [0.717, 1.165) is 5.56 Å². The molecule has 0 aliphatic heterocycles. The number of nitrogens with one attached hydrogen (secondary N) is 1. The first kappa shape index (κ1) is 17.2. The Morgan fingerprint density at radius 2 is 1.81 bits per heavy atom. The normalized spacial score (nSPS) is 12.6. The molecular weight excluding hydrogens is 284 g/mol. The van der Waals surface area contributed by atoms with Gasteiger partial charge in [-0.25, -0.2) is 4.79 Å². The lowest BCUT2D eigenvalue weighted by Gasteiger charge is -2.31. The maximum atomic E-state index is 12.5. The number of nitrogens with zero attached hydrogens (tertiary/aromatic N) is 1. The van der Waals surface area contributed by atoms with Crippen molar-refractivity contribution in [1.82, 2.24) is 10.2 Å². The highest BCUT2D eigenvalue weighted by Gasteiger charge is 2.26. The number of carboxylic acid groups (broad SMARTS) is 1. The van der Waals surface area contributed by atoms with Crippen LogP contribution < -0.4 is 5.32 Å². The van der Waals surface area contributed by atoms with Crippen LogP contribution in [0.5, 0.6) is 0 Å². The lowest BCUT2D eigenvalue weighted by Crippen LogP contribution is -2.50. The Morgan fingerprint density at radius 3 is 2.29 bits per heavy atom. The fraction of sp³-hybridized carbons (Fsp3) is 0.467. The molecule has 0 heterocycles. The average molecular weight is 308 g/mol. The minimum Gasteiger partial charge on any atom is -0.465 e. The van der Waals surface area contributed by atoms with Gasteiger partial charge in [-0.2, -0.15) is 0 Å². The van der Waals surface area contributed by atoms with Crippen molar-refractivity contribution in [1.29, 1.82) is 0 Å². The fourth-order valence-electron chi connectivity index (χ4n) is 2.11. The van der Waals surface area contributed by atoms with Crippen molar-refractivity contribution in [2.75, 3.05) is 6.17 Å². The summed E-state index contributed by atoms with van der Waals surface area (Å²) in [5.74, 6) is -0.177. The van der Waals surface area contributed by atoms with Gasteiger partial charge in [0.05, 0.1) is 8.07 Å². The quantitative estimate of drug-likeness (QED) is 0.794. The smallest absolute Gasteiger partial charge is 0.405 e. The van der Waals surface area contributed by atoms with Gasteiger partial charge in [0.25, 0.3) is 0 Å². The van der Waals surface area contributed by atoms with Crippen molar-refractivity contribution in [3.05, 3.63) is 35.9 Å². The maximum Gasteiger partial charge on any atom is 0.405 e. The zero-order valence-corrected chi connectivity index (χ0v) is 14.1. The van der Waals surface area contributed by atoms with Crippen molar-refractivity contribution in [3.63, 3.8) is 0 Å². The number of benzene rings is 1.